The van der Waals surface area contributed by atoms with E-state index in [1.807, 2.05) is 34.7 Å². The van der Waals surface area contributed by atoms with Gasteiger partial charge in [-0.05, 0) is 40.2 Å². The predicted octanol–water partition coefficient (Wildman–Crippen LogP) is 3.48. The second kappa shape index (κ2) is 4.59. The summed E-state index contributed by atoms with van der Waals surface area (Å²) >= 11 is 3.43. The van der Waals surface area contributed by atoms with E-state index >= 15 is 0 Å². The molecule has 0 saturated carbocycles. The van der Waals surface area contributed by atoms with Crippen LogP contribution in [0.2, 0.25) is 0 Å². The van der Waals surface area contributed by atoms with Crippen LogP contribution in [0, 0.1) is 0 Å². The van der Waals surface area contributed by atoms with Crippen LogP contribution in [-0.2, 0) is 0 Å². The van der Waals surface area contributed by atoms with Gasteiger partial charge in [-0.15, -0.1) is 0 Å². The van der Waals surface area contributed by atoms with Gasteiger partial charge in [-0.3, -0.25) is 4.40 Å². The number of nitrogens with zero attached hydrogens (tertiary/aromatic N) is 2. The third-order valence-electron chi connectivity index (χ3n) is 2.90. The number of ether oxygens (including phenoxy) is 1. The second-order valence-corrected chi connectivity index (χ2v) is 4.85. The summed E-state index contributed by atoms with van der Waals surface area (Å²) < 4.78 is 7.80. The summed E-state index contributed by atoms with van der Waals surface area (Å²) in [5.41, 5.74) is 1.82. The first-order valence-corrected chi connectivity index (χ1v) is 6.49. The Bertz CT molecular complexity index is 752. The maximum Gasteiger partial charge on any atom is 0.146 e. The van der Waals surface area contributed by atoms with Gasteiger partial charge in [0.15, 0.2) is 0 Å². The summed E-state index contributed by atoms with van der Waals surface area (Å²) in [5.74, 6) is 1.71. The fourth-order valence-corrected chi connectivity index (χ4v) is 2.49. The first-order chi connectivity index (χ1) is 9.19. The summed E-state index contributed by atoms with van der Waals surface area (Å²) in [6.07, 6.45) is 1.64. The van der Waals surface area contributed by atoms with Gasteiger partial charge in [-0.1, -0.05) is 12.1 Å². The van der Waals surface area contributed by atoms with E-state index in [2.05, 4.69) is 20.9 Å². The van der Waals surface area contributed by atoms with Gasteiger partial charge in [0.2, 0.25) is 0 Å². The average molecular weight is 319 g/mol. The maximum atomic E-state index is 9.62. The van der Waals surface area contributed by atoms with Crippen LogP contribution in [0.1, 0.15) is 0 Å². The summed E-state index contributed by atoms with van der Waals surface area (Å²) in [7, 11) is 1.63. The fourth-order valence-electron chi connectivity index (χ4n) is 2.00. The van der Waals surface area contributed by atoms with Crippen molar-refractivity contribution in [1.29, 1.82) is 0 Å². The van der Waals surface area contributed by atoms with Crippen molar-refractivity contribution in [2.24, 2.45) is 0 Å². The van der Waals surface area contributed by atoms with Crippen LogP contribution in [0.25, 0.3) is 16.9 Å². The van der Waals surface area contributed by atoms with Gasteiger partial charge < -0.3 is 9.84 Å². The number of hydrogen-bond donors (Lipinski definition) is 1. The number of fused-ring (bicyclic) bond motifs is 1. The van der Waals surface area contributed by atoms with Crippen LogP contribution >= 0.6 is 15.9 Å². The van der Waals surface area contributed by atoms with Crippen molar-refractivity contribution in [3.63, 3.8) is 0 Å². The highest BCUT2D eigenvalue weighted by Gasteiger charge is 2.11. The normalized spacial score (nSPS) is 10.8. The van der Waals surface area contributed by atoms with Crippen molar-refractivity contribution >= 4 is 21.4 Å². The molecule has 0 aliphatic heterocycles. The van der Waals surface area contributed by atoms with Crippen molar-refractivity contribution < 1.29 is 9.84 Å². The van der Waals surface area contributed by atoms with Gasteiger partial charge in [-0.25, -0.2) is 4.98 Å². The van der Waals surface area contributed by atoms with Gasteiger partial charge in [0.1, 0.15) is 21.9 Å². The molecule has 2 aromatic heterocycles. The van der Waals surface area contributed by atoms with E-state index in [1.165, 1.54) is 0 Å². The van der Waals surface area contributed by atoms with Gasteiger partial charge in [-0.2, -0.15) is 0 Å². The molecule has 5 heteroatoms. The van der Waals surface area contributed by atoms with Crippen molar-refractivity contribution in [2.75, 3.05) is 7.11 Å². The molecule has 0 spiro atoms. The highest BCUT2D eigenvalue weighted by atomic mass is 79.9. The number of halogens is 1. The van der Waals surface area contributed by atoms with Crippen molar-refractivity contribution in [2.45, 2.75) is 0 Å². The first-order valence-electron chi connectivity index (χ1n) is 5.70. The Balaban J connectivity index is 2.26. The lowest BCUT2D eigenvalue weighted by atomic mass is 10.2. The first kappa shape index (κ1) is 12.0. The summed E-state index contributed by atoms with van der Waals surface area (Å²) in [4.78, 5) is 4.49. The minimum Gasteiger partial charge on any atom is -0.506 e. The quantitative estimate of drug-likeness (QED) is 0.787. The summed E-state index contributed by atoms with van der Waals surface area (Å²) in [6, 6.07) is 11.1. The molecule has 3 rings (SSSR count). The minimum absolute atomic E-state index is 0.196. The minimum atomic E-state index is 0.196. The van der Waals surface area contributed by atoms with Crippen molar-refractivity contribution in [3.8, 4) is 22.9 Å². The number of aromatic hydroxyl groups is 1. The van der Waals surface area contributed by atoms with E-state index in [0.717, 1.165) is 27.3 Å². The largest absolute Gasteiger partial charge is 0.506 e. The van der Waals surface area contributed by atoms with E-state index in [1.54, 1.807) is 19.4 Å². The molecule has 3 aromatic rings. The zero-order valence-electron chi connectivity index (χ0n) is 10.2. The molecular weight excluding hydrogens is 308 g/mol. The van der Waals surface area contributed by atoms with Gasteiger partial charge in [0.05, 0.1) is 18.8 Å². The Labute approximate surface area is 118 Å². The number of aromatic nitrogens is 2. The summed E-state index contributed by atoms with van der Waals surface area (Å²) in [5, 5.41) is 9.62. The molecule has 0 radical (unpaired) electrons. The zero-order valence-corrected chi connectivity index (χ0v) is 11.8. The molecule has 96 valence electrons. The van der Waals surface area contributed by atoms with Crippen LogP contribution in [0.5, 0.6) is 11.5 Å². The lowest BCUT2D eigenvalue weighted by Gasteiger charge is -2.04. The lowest BCUT2D eigenvalue weighted by Crippen LogP contribution is -1.90. The monoisotopic (exact) mass is 318 g/mol. The highest BCUT2D eigenvalue weighted by Crippen LogP contribution is 2.29. The van der Waals surface area contributed by atoms with Gasteiger partial charge in [0, 0.05) is 5.56 Å². The van der Waals surface area contributed by atoms with Crippen LogP contribution < -0.4 is 4.74 Å². The van der Waals surface area contributed by atoms with Crippen LogP contribution in [0.3, 0.4) is 0 Å². The molecule has 1 N–H and O–H groups in total. The Kier molecular flexibility index (Phi) is 2.91. The molecule has 0 bridgehead atoms. The standard InChI is InChI=1S/C14H11BrN2O2/c1-19-11-4-2-3-9(7-11)14-16-13(15)12-6-5-10(18)8-17(12)14/h2-8,18H,1H3. The smallest absolute Gasteiger partial charge is 0.146 e. The SMILES string of the molecule is COc1cccc(-c2nc(Br)c3ccc(O)cn23)c1. The molecule has 2 heterocycles. The fraction of sp³-hybridized carbons (Fsp3) is 0.0714. The molecule has 0 amide bonds. The molecule has 0 atom stereocenters. The van der Waals surface area contributed by atoms with Crippen LogP contribution in [0.4, 0.5) is 0 Å². The molecule has 0 aliphatic rings. The van der Waals surface area contributed by atoms with E-state index < -0.39 is 0 Å². The average Bonchev–Trinajstić information content (AvgIpc) is 2.75. The van der Waals surface area contributed by atoms with Crippen molar-refractivity contribution in [1.82, 2.24) is 9.38 Å². The zero-order chi connectivity index (χ0) is 13.4. The topological polar surface area (TPSA) is 46.8 Å². The summed E-state index contributed by atoms with van der Waals surface area (Å²) in [6.45, 7) is 0. The molecule has 4 nitrogen and oxygen atoms in total. The van der Waals surface area contributed by atoms with E-state index in [9.17, 15) is 5.11 Å². The van der Waals surface area contributed by atoms with E-state index in [-0.39, 0.29) is 5.75 Å². The maximum absolute atomic E-state index is 9.62. The molecule has 0 saturated heterocycles. The van der Waals surface area contributed by atoms with Crippen LogP contribution in [-0.4, -0.2) is 21.6 Å². The molecule has 0 aliphatic carbocycles. The Morgan fingerprint density at radius 2 is 2.11 bits per heavy atom. The molecule has 0 fully saturated rings. The predicted molar refractivity (Wildman–Crippen MR) is 76.5 cm³/mol. The molecule has 0 unspecified atom stereocenters. The second-order valence-electron chi connectivity index (χ2n) is 4.10. The number of hydrogen-bond acceptors (Lipinski definition) is 3. The number of pyridine rings is 1. The molecule has 19 heavy (non-hydrogen) atoms. The third kappa shape index (κ3) is 2.06. The number of methoxy groups -OCH3 is 1. The Morgan fingerprint density at radius 1 is 1.26 bits per heavy atom. The Hall–Kier alpha value is -2.01. The third-order valence-corrected chi connectivity index (χ3v) is 3.49. The molecule has 1 aromatic carbocycles. The van der Waals surface area contributed by atoms with Gasteiger partial charge >= 0.3 is 0 Å². The molecular formula is C14H11BrN2O2. The number of benzene rings is 1. The van der Waals surface area contributed by atoms with Crippen molar-refractivity contribution in [3.05, 3.63) is 47.2 Å². The van der Waals surface area contributed by atoms with E-state index in [0.29, 0.717) is 0 Å². The van der Waals surface area contributed by atoms with E-state index in [4.69, 9.17) is 4.74 Å². The Morgan fingerprint density at radius 3 is 2.89 bits per heavy atom. The van der Waals surface area contributed by atoms with Gasteiger partial charge in [0.25, 0.3) is 0 Å². The lowest BCUT2D eigenvalue weighted by molar-refractivity contribution is 0.415. The highest BCUT2D eigenvalue weighted by molar-refractivity contribution is 9.10. The number of imidazole rings is 1. The van der Waals surface area contributed by atoms with Crippen LogP contribution in [0.15, 0.2) is 47.2 Å². The number of rotatable bonds is 2.